The van der Waals surface area contributed by atoms with Crippen molar-refractivity contribution in [2.24, 2.45) is 5.92 Å². The van der Waals surface area contributed by atoms with Crippen LogP contribution in [0.2, 0.25) is 0 Å². The second-order valence-corrected chi connectivity index (χ2v) is 4.78. The molecular weight excluding hydrogens is 230 g/mol. The number of hydrogen-bond acceptors (Lipinski definition) is 3. The number of aromatic hydroxyl groups is 1. The zero-order valence-electron chi connectivity index (χ0n) is 11.6. The third-order valence-electron chi connectivity index (χ3n) is 3.33. The van der Waals surface area contributed by atoms with Crippen LogP contribution in [0.1, 0.15) is 31.1 Å². The lowest BCUT2D eigenvalue weighted by Gasteiger charge is -2.28. The Morgan fingerprint density at radius 3 is 2.39 bits per heavy atom. The van der Waals surface area contributed by atoms with E-state index in [1.807, 2.05) is 6.92 Å². The van der Waals surface area contributed by atoms with Crippen LogP contribution in [0, 0.1) is 5.92 Å². The van der Waals surface area contributed by atoms with Gasteiger partial charge in [-0.05, 0) is 25.0 Å². The van der Waals surface area contributed by atoms with Crippen LogP contribution in [0.25, 0.3) is 0 Å². The third kappa shape index (κ3) is 2.94. The summed E-state index contributed by atoms with van der Waals surface area (Å²) in [5.41, 5.74) is 0.297. The average Bonchev–Trinajstić information content (AvgIpc) is 2.35. The molecule has 0 saturated carbocycles. The van der Waals surface area contributed by atoms with E-state index in [2.05, 4.69) is 13.8 Å². The van der Waals surface area contributed by atoms with Crippen molar-refractivity contribution in [2.45, 2.75) is 26.8 Å². The molecule has 1 unspecified atom stereocenters. The summed E-state index contributed by atoms with van der Waals surface area (Å²) < 4.78 is 4.99. The number of phenols is 1. The van der Waals surface area contributed by atoms with Crippen LogP contribution in [-0.2, 0) is 0 Å². The predicted octanol–water partition coefficient (Wildman–Crippen LogP) is 2.52. The first-order chi connectivity index (χ1) is 8.38. The minimum Gasteiger partial charge on any atom is -0.507 e. The Hall–Kier alpha value is -1.71. The standard InChI is InChI=1S/C14H21NO3/c1-9(2)10(3)15(4)14(17)12-7-6-11(18-5)8-13(12)16/h6-10,16H,1-5H3. The molecule has 1 N–H and O–H groups in total. The zero-order valence-corrected chi connectivity index (χ0v) is 11.6. The summed E-state index contributed by atoms with van der Waals surface area (Å²) in [5, 5.41) is 9.83. The van der Waals surface area contributed by atoms with E-state index in [-0.39, 0.29) is 17.7 Å². The van der Waals surface area contributed by atoms with Crippen molar-refractivity contribution in [3.8, 4) is 11.5 Å². The first kappa shape index (κ1) is 14.4. The Bertz CT molecular complexity index is 429. The van der Waals surface area contributed by atoms with Crippen LogP contribution in [0.5, 0.6) is 11.5 Å². The van der Waals surface area contributed by atoms with Crippen molar-refractivity contribution in [2.75, 3.05) is 14.2 Å². The van der Waals surface area contributed by atoms with Crippen molar-refractivity contribution in [3.63, 3.8) is 0 Å². The molecule has 0 fully saturated rings. The molecule has 0 aliphatic carbocycles. The zero-order chi connectivity index (χ0) is 13.9. The molecular formula is C14H21NO3. The highest BCUT2D eigenvalue weighted by Gasteiger charge is 2.22. The number of hydrogen-bond donors (Lipinski definition) is 1. The van der Waals surface area contributed by atoms with Crippen LogP contribution < -0.4 is 4.74 Å². The number of carbonyl (C=O) groups excluding carboxylic acids is 1. The SMILES string of the molecule is COc1ccc(C(=O)N(C)C(C)C(C)C)c(O)c1. The largest absolute Gasteiger partial charge is 0.507 e. The maximum absolute atomic E-state index is 12.2. The van der Waals surface area contributed by atoms with E-state index in [9.17, 15) is 9.90 Å². The van der Waals surface area contributed by atoms with Gasteiger partial charge in [-0.1, -0.05) is 13.8 Å². The lowest BCUT2D eigenvalue weighted by atomic mass is 10.0. The van der Waals surface area contributed by atoms with Gasteiger partial charge >= 0.3 is 0 Å². The van der Waals surface area contributed by atoms with Crippen molar-refractivity contribution in [1.82, 2.24) is 4.90 Å². The van der Waals surface area contributed by atoms with E-state index in [4.69, 9.17) is 4.74 Å². The molecule has 0 heterocycles. The van der Waals surface area contributed by atoms with Crippen LogP contribution in [0.4, 0.5) is 0 Å². The number of carbonyl (C=O) groups is 1. The molecule has 0 aliphatic heterocycles. The van der Waals surface area contributed by atoms with Crippen LogP contribution >= 0.6 is 0 Å². The number of nitrogens with zero attached hydrogens (tertiary/aromatic N) is 1. The van der Waals surface area contributed by atoms with Crippen molar-refractivity contribution in [3.05, 3.63) is 23.8 Å². The fourth-order valence-electron chi connectivity index (χ4n) is 1.64. The fourth-order valence-corrected chi connectivity index (χ4v) is 1.64. The van der Waals surface area contributed by atoms with E-state index in [0.29, 0.717) is 17.2 Å². The van der Waals surface area contributed by atoms with E-state index in [0.717, 1.165) is 0 Å². The Morgan fingerprint density at radius 2 is 1.94 bits per heavy atom. The summed E-state index contributed by atoms with van der Waals surface area (Å²) in [4.78, 5) is 13.9. The van der Waals surface area contributed by atoms with Crippen LogP contribution in [-0.4, -0.2) is 36.1 Å². The number of phenolic OH excluding ortho intramolecular Hbond substituents is 1. The summed E-state index contributed by atoms with van der Waals surface area (Å²) in [6.45, 7) is 6.10. The fraction of sp³-hybridized carbons (Fsp3) is 0.500. The second-order valence-electron chi connectivity index (χ2n) is 4.78. The van der Waals surface area contributed by atoms with E-state index < -0.39 is 0 Å². The quantitative estimate of drug-likeness (QED) is 0.894. The molecule has 1 aromatic rings. The normalized spacial score (nSPS) is 12.3. The van der Waals surface area contributed by atoms with Gasteiger partial charge in [-0.2, -0.15) is 0 Å². The van der Waals surface area contributed by atoms with Gasteiger partial charge in [-0.15, -0.1) is 0 Å². The molecule has 0 saturated heterocycles. The molecule has 18 heavy (non-hydrogen) atoms. The molecule has 1 atom stereocenters. The first-order valence-electron chi connectivity index (χ1n) is 6.02. The van der Waals surface area contributed by atoms with Gasteiger partial charge in [0.05, 0.1) is 12.7 Å². The number of amides is 1. The van der Waals surface area contributed by atoms with Gasteiger partial charge in [0.25, 0.3) is 5.91 Å². The van der Waals surface area contributed by atoms with Crippen molar-refractivity contribution < 1.29 is 14.6 Å². The topological polar surface area (TPSA) is 49.8 Å². The predicted molar refractivity (Wildman–Crippen MR) is 71.1 cm³/mol. The monoisotopic (exact) mass is 251 g/mol. The Morgan fingerprint density at radius 1 is 1.33 bits per heavy atom. The number of ether oxygens (including phenoxy) is 1. The molecule has 4 heteroatoms. The van der Waals surface area contributed by atoms with Crippen molar-refractivity contribution in [1.29, 1.82) is 0 Å². The van der Waals surface area contributed by atoms with Gasteiger partial charge in [0, 0.05) is 19.2 Å². The van der Waals surface area contributed by atoms with Crippen LogP contribution in [0.15, 0.2) is 18.2 Å². The maximum Gasteiger partial charge on any atom is 0.257 e. The minimum atomic E-state index is -0.184. The highest BCUT2D eigenvalue weighted by atomic mass is 16.5. The molecule has 0 aliphatic rings. The van der Waals surface area contributed by atoms with E-state index in [1.54, 1.807) is 24.1 Å². The van der Waals surface area contributed by atoms with E-state index in [1.165, 1.54) is 13.2 Å². The molecule has 0 bridgehead atoms. The van der Waals surface area contributed by atoms with Gasteiger partial charge in [0.15, 0.2) is 0 Å². The smallest absolute Gasteiger partial charge is 0.257 e. The highest BCUT2D eigenvalue weighted by molar-refractivity contribution is 5.97. The molecule has 100 valence electrons. The lowest BCUT2D eigenvalue weighted by Crippen LogP contribution is -2.38. The maximum atomic E-state index is 12.2. The van der Waals surface area contributed by atoms with Gasteiger partial charge in [0.2, 0.25) is 0 Å². The van der Waals surface area contributed by atoms with Crippen LogP contribution in [0.3, 0.4) is 0 Å². The molecule has 1 rings (SSSR count). The molecule has 4 nitrogen and oxygen atoms in total. The summed E-state index contributed by atoms with van der Waals surface area (Å²) in [6.07, 6.45) is 0. The Kier molecular flexibility index (Phi) is 4.59. The minimum absolute atomic E-state index is 0.0536. The van der Waals surface area contributed by atoms with Gasteiger partial charge < -0.3 is 14.7 Å². The van der Waals surface area contributed by atoms with Gasteiger partial charge in [0.1, 0.15) is 11.5 Å². The molecule has 1 aromatic carbocycles. The molecule has 1 amide bonds. The third-order valence-corrected chi connectivity index (χ3v) is 3.33. The number of methoxy groups -OCH3 is 1. The lowest BCUT2D eigenvalue weighted by molar-refractivity contribution is 0.0704. The number of rotatable bonds is 4. The average molecular weight is 251 g/mol. The summed E-state index contributed by atoms with van der Waals surface area (Å²) in [6, 6.07) is 4.81. The Balaban J connectivity index is 2.97. The molecule has 0 radical (unpaired) electrons. The molecule has 0 spiro atoms. The summed E-state index contributed by atoms with van der Waals surface area (Å²) in [7, 11) is 3.26. The van der Waals surface area contributed by atoms with Gasteiger partial charge in [-0.25, -0.2) is 0 Å². The first-order valence-corrected chi connectivity index (χ1v) is 6.02. The summed E-state index contributed by atoms with van der Waals surface area (Å²) >= 11 is 0. The highest BCUT2D eigenvalue weighted by Crippen LogP contribution is 2.25. The van der Waals surface area contributed by atoms with E-state index >= 15 is 0 Å². The summed E-state index contributed by atoms with van der Waals surface area (Å²) in [5.74, 6) is 0.654. The Labute approximate surface area is 108 Å². The second kappa shape index (κ2) is 5.76. The van der Waals surface area contributed by atoms with Gasteiger partial charge in [-0.3, -0.25) is 4.79 Å². The molecule has 0 aromatic heterocycles. The number of benzene rings is 1. The van der Waals surface area contributed by atoms with Crippen molar-refractivity contribution >= 4 is 5.91 Å².